The Hall–Kier alpha value is -3.85. The highest BCUT2D eigenvalue weighted by Crippen LogP contribution is 2.29. The van der Waals surface area contributed by atoms with Crippen molar-refractivity contribution in [2.24, 2.45) is 5.92 Å². The van der Waals surface area contributed by atoms with E-state index in [9.17, 15) is 14.0 Å². The predicted molar refractivity (Wildman–Crippen MR) is 125 cm³/mol. The Kier molecular flexibility index (Phi) is 5.47. The summed E-state index contributed by atoms with van der Waals surface area (Å²) in [6.07, 6.45) is 0.153. The van der Waals surface area contributed by atoms with Gasteiger partial charge in [-0.1, -0.05) is 18.2 Å². The minimum atomic E-state index is -0.465. The lowest BCUT2D eigenvalue weighted by atomic mass is 10.1. The van der Waals surface area contributed by atoms with Crippen molar-refractivity contribution in [3.8, 4) is 16.4 Å². The van der Waals surface area contributed by atoms with Gasteiger partial charge >= 0.3 is 0 Å². The number of carbonyl (C=O) groups excluding carboxylic acids is 2. The van der Waals surface area contributed by atoms with Crippen LogP contribution in [-0.2, 0) is 9.59 Å². The molecule has 1 atom stereocenters. The number of anilines is 2. The van der Waals surface area contributed by atoms with Crippen LogP contribution in [-0.4, -0.2) is 33.1 Å². The van der Waals surface area contributed by atoms with E-state index in [0.29, 0.717) is 23.2 Å². The van der Waals surface area contributed by atoms with Crippen LogP contribution in [0, 0.1) is 18.7 Å². The Morgan fingerprint density at radius 3 is 2.67 bits per heavy atom. The standard InChI is InChI=1S/C24H20FN5O2S/c1-15-11-21(27-23(32)17-12-22(31)29(13-17)19-5-3-2-4-6-19)30(28-15)24-26-20(14-33-24)16-7-9-18(25)10-8-16/h2-11,14,17H,12-13H2,1H3,(H,27,32). The smallest absolute Gasteiger partial charge is 0.230 e. The Balaban J connectivity index is 1.34. The predicted octanol–water partition coefficient (Wildman–Crippen LogP) is 4.43. The normalized spacial score (nSPS) is 15.8. The van der Waals surface area contributed by atoms with Crippen LogP contribution in [0.5, 0.6) is 0 Å². The summed E-state index contributed by atoms with van der Waals surface area (Å²) in [6, 6.07) is 17.2. The molecule has 0 saturated carbocycles. The third kappa shape index (κ3) is 4.27. The molecule has 1 aliphatic rings. The third-order valence-corrected chi connectivity index (χ3v) is 6.28. The van der Waals surface area contributed by atoms with Crippen LogP contribution in [0.25, 0.3) is 16.4 Å². The second kappa shape index (κ2) is 8.59. The lowest BCUT2D eigenvalue weighted by Crippen LogP contribution is -2.28. The van der Waals surface area contributed by atoms with Crippen molar-refractivity contribution in [1.29, 1.82) is 0 Å². The van der Waals surface area contributed by atoms with Crippen molar-refractivity contribution in [2.45, 2.75) is 13.3 Å². The quantitative estimate of drug-likeness (QED) is 0.477. The number of benzene rings is 2. The summed E-state index contributed by atoms with van der Waals surface area (Å²) in [5.74, 6) is -0.596. The summed E-state index contributed by atoms with van der Waals surface area (Å²) in [6.45, 7) is 2.16. The second-order valence-corrected chi connectivity index (χ2v) is 8.67. The molecule has 1 unspecified atom stereocenters. The molecule has 0 spiro atoms. The molecule has 9 heteroatoms. The first kappa shape index (κ1) is 21.0. The molecule has 3 heterocycles. The van der Waals surface area contributed by atoms with Gasteiger partial charge in [-0.25, -0.2) is 9.37 Å². The van der Waals surface area contributed by atoms with Crippen molar-refractivity contribution >= 4 is 34.7 Å². The molecule has 7 nitrogen and oxygen atoms in total. The Morgan fingerprint density at radius 2 is 1.91 bits per heavy atom. The minimum Gasteiger partial charge on any atom is -0.312 e. The zero-order chi connectivity index (χ0) is 22.9. The minimum absolute atomic E-state index is 0.0742. The lowest BCUT2D eigenvalue weighted by molar-refractivity contribution is -0.122. The molecule has 0 aliphatic carbocycles. The number of hydrogen-bond donors (Lipinski definition) is 1. The molecule has 1 saturated heterocycles. The van der Waals surface area contributed by atoms with Gasteiger partial charge in [0.05, 0.1) is 17.3 Å². The van der Waals surface area contributed by atoms with E-state index >= 15 is 0 Å². The van der Waals surface area contributed by atoms with E-state index in [-0.39, 0.29) is 24.1 Å². The number of thiazole rings is 1. The summed E-state index contributed by atoms with van der Waals surface area (Å²) in [5, 5.41) is 9.83. The monoisotopic (exact) mass is 461 g/mol. The number of hydrogen-bond acceptors (Lipinski definition) is 5. The number of para-hydroxylation sites is 1. The Morgan fingerprint density at radius 1 is 1.15 bits per heavy atom. The average molecular weight is 462 g/mol. The number of aryl methyl sites for hydroxylation is 1. The molecule has 166 valence electrons. The van der Waals surface area contributed by atoms with Crippen molar-refractivity contribution in [2.75, 3.05) is 16.8 Å². The molecule has 2 aromatic heterocycles. The highest BCUT2D eigenvalue weighted by atomic mass is 32.1. The fourth-order valence-corrected chi connectivity index (χ4v) is 4.61. The Bertz CT molecular complexity index is 1320. The molecular formula is C24H20FN5O2S. The third-order valence-electron chi connectivity index (χ3n) is 5.46. The first-order valence-electron chi connectivity index (χ1n) is 10.4. The lowest BCUT2D eigenvalue weighted by Gasteiger charge is -2.16. The maximum atomic E-state index is 13.2. The van der Waals surface area contributed by atoms with Gasteiger partial charge in [0, 0.05) is 35.7 Å². The van der Waals surface area contributed by atoms with Crippen LogP contribution >= 0.6 is 11.3 Å². The van der Waals surface area contributed by atoms with Crippen LogP contribution < -0.4 is 10.2 Å². The van der Waals surface area contributed by atoms with E-state index < -0.39 is 5.92 Å². The van der Waals surface area contributed by atoms with Gasteiger partial charge < -0.3 is 10.2 Å². The highest BCUT2D eigenvalue weighted by molar-refractivity contribution is 7.12. The van der Waals surface area contributed by atoms with Crippen LogP contribution in [0.2, 0.25) is 0 Å². The zero-order valence-electron chi connectivity index (χ0n) is 17.7. The van der Waals surface area contributed by atoms with E-state index in [4.69, 9.17) is 0 Å². The highest BCUT2D eigenvalue weighted by Gasteiger charge is 2.35. The Labute approximate surface area is 193 Å². The van der Waals surface area contributed by atoms with Gasteiger partial charge in [-0.05, 0) is 43.3 Å². The molecule has 5 rings (SSSR count). The van der Waals surface area contributed by atoms with Gasteiger partial charge in [0.1, 0.15) is 11.6 Å². The van der Waals surface area contributed by atoms with Gasteiger partial charge in [-0.2, -0.15) is 9.78 Å². The maximum Gasteiger partial charge on any atom is 0.230 e. The van der Waals surface area contributed by atoms with E-state index in [1.165, 1.54) is 23.5 Å². The summed E-state index contributed by atoms with van der Waals surface area (Å²) in [4.78, 5) is 31.7. The fourth-order valence-electron chi connectivity index (χ4n) is 3.82. The van der Waals surface area contributed by atoms with Crippen molar-refractivity contribution < 1.29 is 14.0 Å². The number of amides is 2. The summed E-state index contributed by atoms with van der Waals surface area (Å²) in [7, 11) is 0. The molecule has 1 fully saturated rings. The number of nitrogens with zero attached hydrogens (tertiary/aromatic N) is 4. The molecule has 33 heavy (non-hydrogen) atoms. The maximum absolute atomic E-state index is 13.2. The molecule has 2 aromatic carbocycles. The number of rotatable bonds is 5. The summed E-state index contributed by atoms with van der Waals surface area (Å²) in [5.41, 5.74) is 2.99. The SMILES string of the molecule is Cc1cc(NC(=O)C2CC(=O)N(c3ccccc3)C2)n(-c2nc(-c3ccc(F)cc3)cs2)n1. The molecule has 4 aromatic rings. The zero-order valence-corrected chi connectivity index (χ0v) is 18.6. The van der Waals surface area contributed by atoms with Crippen molar-refractivity contribution in [1.82, 2.24) is 14.8 Å². The fraction of sp³-hybridized carbons (Fsp3) is 0.167. The largest absolute Gasteiger partial charge is 0.312 e. The molecule has 0 radical (unpaired) electrons. The molecule has 2 amide bonds. The van der Waals surface area contributed by atoms with Gasteiger partial charge in [-0.3, -0.25) is 9.59 Å². The van der Waals surface area contributed by atoms with Gasteiger partial charge in [0.15, 0.2) is 0 Å². The average Bonchev–Trinajstić information content (AvgIpc) is 3.53. The van der Waals surface area contributed by atoms with Crippen LogP contribution in [0.15, 0.2) is 66.0 Å². The van der Waals surface area contributed by atoms with Crippen molar-refractivity contribution in [3.05, 3.63) is 77.6 Å². The van der Waals surface area contributed by atoms with E-state index in [2.05, 4.69) is 15.4 Å². The summed E-state index contributed by atoms with van der Waals surface area (Å²) >= 11 is 1.37. The van der Waals surface area contributed by atoms with E-state index in [1.54, 1.807) is 27.8 Å². The summed E-state index contributed by atoms with van der Waals surface area (Å²) < 4.78 is 14.8. The van der Waals surface area contributed by atoms with Crippen LogP contribution in [0.3, 0.4) is 0 Å². The van der Waals surface area contributed by atoms with E-state index in [1.807, 2.05) is 42.6 Å². The van der Waals surface area contributed by atoms with Crippen LogP contribution in [0.1, 0.15) is 12.1 Å². The molecule has 1 N–H and O–H groups in total. The van der Waals surface area contributed by atoms with Crippen LogP contribution in [0.4, 0.5) is 15.9 Å². The molecule has 1 aliphatic heterocycles. The molecule has 0 bridgehead atoms. The second-order valence-electron chi connectivity index (χ2n) is 7.84. The van der Waals surface area contributed by atoms with Crippen molar-refractivity contribution in [3.63, 3.8) is 0 Å². The number of aromatic nitrogens is 3. The number of halogens is 1. The molecular weight excluding hydrogens is 441 g/mol. The first-order valence-corrected chi connectivity index (χ1v) is 11.3. The van der Waals surface area contributed by atoms with E-state index in [0.717, 1.165) is 16.9 Å². The van der Waals surface area contributed by atoms with Gasteiger partial charge in [-0.15, -0.1) is 11.3 Å². The number of carbonyl (C=O) groups is 2. The topological polar surface area (TPSA) is 80.1 Å². The number of nitrogens with one attached hydrogen (secondary N) is 1. The van der Waals surface area contributed by atoms with Gasteiger partial charge in [0.25, 0.3) is 0 Å². The van der Waals surface area contributed by atoms with Gasteiger partial charge in [0.2, 0.25) is 16.9 Å². The first-order chi connectivity index (χ1) is 16.0.